The van der Waals surface area contributed by atoms with Crippen LogP contribution in [0.2, 0.25) is 0 Å². The second-order valence-corrected chi connectivity index (χ2v) is 3.19. The predicted molar refractivity (Wildman–Crippen MR) is 57.0 cm³/mol. The van der Waals surface area contributed by atoms with E-state index in [0.29, 0.717) is 0 Å². The fourth-order valence-corrected chi connectivity index (χ4v) is 1.42. The Kier molecular flexibility index (Phi) is 4.57. The molecule has 0 fully saturated rings. The van der Waals surface area contributed by atoms with Gasteiger partial charge >= 0.3 is 12.6 Å². The zero-order valence-electron chi connectivity index (χ0n) is 9.44. The number of halogens is 2. The number of methoxy groups -OCH3 is 1. The number of hydrogen-bond acceptors (Lipinski definition) is 5. The molecule has 0 heterocycles. The van der Waals surface area contributed by atoms with Crippen LogP contribution in [0.25, 0.3) is 0 Å². The summed E-state index contributed by atoms with van der Waals surface area (Å²) in [5, 5.41) is 8.75. The minimum atomic E-state index is -3.12. The maximum Gasteiger partial charge on any atom is 0.387 e. The molecule has 0 aromatic heterocycles. The molecular formula is C11H10F2N2O3. The highest BCUT2D eigenvalue weighted by molar-refractivity contribution is 5.94. The fourth-order valence-electron chi connectivity index (χ4n) is 1.42. The third-order valence-electron chi connectivity index (χ3n) is 2.14. The number of carbonyl (C=O) groups is 1. The number of benzene rings is 1. The van der Waals surface area contributed by atoms with E-state index in [4.69, 9.17) is 11.0 Å². The van der Waals surface area contributed by atoms with Crippen molar-refractivity contribution >= 4 is 5.97 Å². The van der Waals surface area contributed by atoms with Gasteiger partial charge in [0.15, 0.2) is 0 Å². The van der Waals surface area contributed by atoms with E-state index in [1.165, 1.54) is 6.07 Å². The second-order valence-electron chi connectivity index (χ2n) is 3.19. The van der Waals surface area contributed by atoms with Crippen molar-refractivity contribution in [1.82, 2.24) is 0 Å². The number of carbonyl (C=O) groups excluding carboxylic acids is 1. The molecule has 5 nitrogen and oxygen atoms in total. The summed E-state index contributed by atoms with van der Waals surface area (Å²) < 4.78 is 33.2. The van der Waals surface area contributed by atoms with E-state index in [0.717, 1.165) is 13.2 Å². The standard InChI is InChI=1S/C11H10F2N2O3/c1-17-10(16)9-7(5-15)2-6(4-14)3-8(9)18-11(12)13/h2-3,11H,5,15H2,1H3. The average molecular weight is 256 g/mol. The molecule has 0 unspecified atom stereocenters. The molecule has 18 heavy (non-hydrogen) atoms. The smallest absolute Gasteiger partial charge is 0.387 e. The molecule has 0 saturated carbocycles. The van der Waals surface area contributed by atoms with Gasteiger partial charge in [-0.1, -0.05) is 0 Å². The number of hydrogen-bond donors (Lipinski definition) is 1. The summed E-state index contributed by atoms with van der Waals surface area (Å²) in [5.74, 6) is -1.27. The van der Waals surface area contributed by atoms with Gasteiger partial charge in [0.1, 0.15) is 11.3 Å². The Hall–Kier alpha value is -2.20. The molecule has 0 radical (unpaired) electrons. The monoisotopic (exact) mass is 256 g/mol. The van der Waals surface area contributed by atoms with Crippen molar-refractivity contribution in [2.75, 3.05) is 7.11 Å². The molecular weight excluding hydrogens is 246 g/mol. The van der Waals surface area contributed by atoms with E-state index < -0.39 is 18.3 Å². The van der Waals surface area contributed by atoms with Crippen molar-refractivity contribution in [1.29, 1.82) is 5.26 Å². The molecule has 0 atom stereocenters. The van der Waals surface area contributed by atoms with Gasteiger partial charge in [-0.05, 0) is 17.7 Å². The third-order valence-corrected chi connectivity index (χ3v) is 2.14. The summed E-state index contributed by atoms with van der Waals surface area (Å²) >= 11 is 0. The minimum absolute atomic E-state index is 0.0683. The molecule has 0 bridgehead atoms. The minimum Gasteiger partial charge on any atom is -0.465 e. The zero-order chi connectivity index (χ0) is 13.7. The lowest BCUT2D eigenvalue weighted by Gasteiger charge is -2.13. The lowest BCUT2D eigenvalue weighted by Crippen LogP contribution is -2.14. The largest absolute Gasteiger partial charge is 0.465 e. The van der Waals surface area contributed by atoms with Gasteiger partial charge in [-0.25, -0.2) is 4.79 Å². The van der Waals surface area contributed by atoms with Crippen molar-refractivity contribution in [3.05, 3.63) is 28.8 Å². The van der Waals surface area contributed by atoms with Crippen LogP contribution in [-0.4, -0.2) is 19.7 Å². The van der Waals surface area contributed by atoms with Crippen LogP contribution in [0.4, 0.5) is 8.78 Å². The highest BCUT2D eigenvalue weighted by atomic mass is 19.3. The van der Waals surface area contributed by atoms with E-state index >= 15 is 0 Å². The Bertz CT molecular complexity index is 498. The normalized spacial score (nSPS) is 10.0. The fraction of sp³-hybridized carbons (Fsp3) is 0.273. The lowest BCUT2D eigenvalue weighted by atomic mass is 10.0. The molecule has 0 aliphatic heterocycles. The van der Waals surface area contributed by atoms with Crippen LogP contribution in [0.15, 0.2) is 12.1 Å². The van der Waals surface area contributed by atoms with Crippen LogP contribution >= 0.6 is 0 Å². The Morgan fingerprint density at radius 1 is 1.56 bits per heavy atom. The first-order valence-electron chi connectivity index (χ1n) is 4.83. The maximum atomic E-state index is 12.3. The predicted octanol–water partition coefficient (Wildman–Crippen LogP) is 1.40. The molecule has 0 amide bonds. The Morgan fingerprint density at radius 3 is 2.67 bits per heavy atom. The topological polar surface area (TPSA) is 85.3 Å². The molecule has 7 heteroatoms. The zero-order valence-corrected chi connectivity index (χ0v) is 9.44. The molecule has 0 spiro atoms. The van der Waals surface area contributed by atoms with Gasteiger partial charge in [0, 0.05) is 6.54 Å². The Labute approximate surface area is 102 Å². The summed E-state index contributed by atoms with van der Waals surface area (Å²) in [5.41, 5.74) is 5.48. The molecule has 1 aromatic rings. The molecule has 96 valence electrons. The third kappa shape index (κ3) is 2.93. The summed E-state index contributed by atoms with van der Waals surface area (Å²) in [6.45, 7) is -3.23. The number of nitrogens with zero attached hydrogens (tertiary/aromatic N) is 1. The number of ether oxygens (including phenoxy) is 2. The molecule has 0 aliphatic rings. The number of alkyl halides is 2. The molecule has 0 saturated heterocycles. The molecule has 1 rings (SSSR count). The van der Waals surface area contributed by atoms with Crippen LogP contribution in [0, 0.1) is 11.3 Å². The molecule has 2 N–H and O–H groups in total. The van der Waals surface area contributed by atoms with E-state index in [9.17, 15) is 13.6 Å². The quantitative estimate of drug-likeness (QED) is 0.823. The average Bonchev–Trinajstić information content (AvgIpc) is 2.36. The van der Waals surface area contributed by atoms with Crippen molar-refractivity contribution in [3.8, 4) is 11.8 Å². The number of nitriles is 1. The first-order valence-corrected chi connectivity index (χ1v) is 4.83. The van der Waals surface area contributed by atoms with E-state index in [-0.39, 0.29) is 23.2 Å². The van der Waals surface area contributed by atoms with Gasteiger partial charge in [0.2, 0.25) is 0 Å². The Balaban J connectivity index is 3.42. The number of rotatable bonds is 4. The summed E-state index contributed by atoms with van der Waals surface area (Å²) in [4.78, 5) is 11.5. The highest BCUT2D eigenvalue weighted by Gasteiger charge is 2.21. The summed E-state index contributed by atoms with van der Waals surface area (Å²) in [6.07, 6.45) is 0. The highest BCUT2D eigenvalue weighted by Crippen LogP contribution is 2.27. The van der Waals surface area contributed by atoms with E-state index in [1.807, 2.05) is 0 Å². The van der Waals surface area contributed by atoms with Crippen LogP contribution in [0.5, 0.6) is 5.75 Å². The van der Waals surface area contributed by atoms with Crippen LogP contribution in [0.3, 0.4) is 0 Å². The first-order chi connectivity index (χ1) is 8.53. The van der Waals surface area contributed by atoms with Gasteiger partial charge in [0.25, 0.3) is 0 Å². The number of esters is 1. The Morgan fingerprint density at radius 2 is 2.22 bits per heavy atom. The lowest BCUT2D eigenvalue weighted by molar-refractivity contribution is -0.0504. The van der Waals surface area contributed by atoms with Crippen molar-refractivity contribution in [3.63, 3.8) is 0 Å². The van der Waals surface area contributed by atoms with Crippen molar-refractivity contribution < 1.29 is 23.0 Å². The van der Waals surface area contributed by atoms with Crippen molar-refractivity contribution in [2.24, 2.45) is 5.73 Å². The SMILES string of the molecule is COC(=O)c1c(CN)cc(C#N)cc1OC(F)F. The van der Waals surface area contributed by atoms with Crippen LogP contribution < -0.4 is 10.5 Å². The van der Waals surface area contributed by atoms with E-state index in [1.54, 1.807) is 6.07 Å². The van der Waals surface area contributed by atoms with Gasteiger partial charge in [0.05, 0.1) is 18.7 Å². The van der Waals surface area contributed by atoms with Crippen LogP contribution in [-0.2, 0) is 11.3 Å². The summed E-state index contributed by atoms with van der Waals surface area (Å²) in [7, 11) is 1.10. The maximum absolute atomic E-state index is 12.3. The van der Waals surface area contributed by atoms with Crippen LogP contribution in [0.1, 0.15) is 21.5 Å². The summed E-state index contributed by atoms with van der Waals surface area (Å²) in [6, 6.07) is 4.13. The molecule has 0 aliphatic carbocycles. The van der Waals surface area contributed by atoms with Gasteiger partial charge in [-0.15, -0.1) is 0 Å². The van der Waals surface area contributed by atoms with Gasteiger partial charge < -0.3 is 15.2 Å². The van der Waals surface area contributed by atoms with Crippen molar-refractivity contribution in [2.45, 2.75) is 13.2 Å². The second kappa shape index (κ2) is 5.93. The van der Waals surface area contributed by atoms with E-state index in [2.05, 4.69) is 9.47 Å². The molecule has 1 aromatic carbocycles. The number of nitrogens with two attached hydrogens (primary N) is 1. The van der Waals surface area contributed by atoms with Gasteiger partial charge in [-0.3, -0.25) is 0 Å². The first kappa shape index (κ1) is 13.9. The van der Waals surface area contributed by atoms with Gasteiger partial charge in [-0.2, -0.15) is 14.0 Å².